The smallest absolute Gasteiger partial charge is 0.325 e. The molecule has 3 N–H and O–H groups in total. The summed E-state index contributed by atoms with van der Waals surface area (Å²) in [5.74, 6) is -0.354. The van der Waals surface area contributed by atoms with Crippen molar-refractivity contribution in [3.05, 3.63) is 12.3 Å². The summed E-state index contributed by atoms with van der Waals surface area (Å²) < 4.78 is 0. The van der Waals surface area contributed by atoms with Crippen molar-refractivity contribution in [2.75, 3.05) is 5.32 Å². The number of carboxylic acid groups (broad SMARTS) is 1. The standard InChI is InChI=1S/C6H9N3O2/c1-4(6(10)11)8-5-2-3-7-9-5/h2-4H,1H3,(H,10,11)(H2,7,8,9)/t4-/m0/s1. The normalized spacial score (nSPS) is 12.5. The first-order valence-electron chi connectivity index (χ1n) is 3.19. The number of hydrogen-bond acceptors (Lipinski definition) is 3. The van der Waals surface area contributed by atoms with Crippen LogP contribution in [0.3, 0.4) is 0 Å². The van der Waals surface area contributed by atoms with Crippen LogP contribution in [-0.4, -0.2) is 27.3 Å². The molecule has 0 aliphatic heterocycles. The van der Waals surface area contributed by atoms with Gasteiger partial charge < -0.3 is 10.4 Å². The van der Waals surface area contributed by atoms with E-state index in [0.717, 1.165) is 0 Å². The van der Waals surface area contributed by atoms with Gasteiger partial charge in [0.15, 0.2) is 0 Å². The number of anilines is 1. The summed E-state index contributed by atoms with van der Waals surface area (Å²) in [5.41, 5.74) is 0. The van der Waals surface area contributed by atoms with Gasteiger partial charge in [0.2, 0.25) is 0 Å². The minimum absolute atomic E-state index is 0.542. The van der Waals surface area contributed by atoms with E-state index in [1.54, 1.807) is 19.2 Å². The molecule has 0 aliphatic carbocycles. The molecule has 0 bridgehead atoms. The molecule has 0 saturated carbocycles. The predicted octanol–water partition coefficient (Wildman–Crippen LogP) is 0.295. The molecule has 0 aliphatic rings. The van der Waals surface area contributed by atoms with E-state index in [4.69, 9.17) is 5.11 Å². The topological polar surface area (TPSA) is 78.0 Å². The van der Waals surface area contributed by atoms with Gasteiger partial charge in [-0.15, -0.1) is 0 Å². The van der Waals surface area contributed by atoms with E-state index in [0.29, 0.717) is 5.82 Å². The lowest BCUT2D eigenvalue weighted by atomic mass is 10.3. The Hall–Kier alpha value is -1.52. The minimum Gasteiger partial charge on any atom is -0.480 e. The number of nitrogens with one attached hydrogen (secondary N) is 2. The molecule has 0 unspecified atom stereocenters. The summed E-state index contributed by atoms with van der Waals surface area (Å²) >= 11 is 0. The van der Waals surface area contributed by atoms with Crippen LogP contribution in [0.1, 0.15) is 6.92 Å². The number of carbonyl (C=O) groups is 1. The maximum Gasteiger partial charge on any atom is 0.325 e. The molecule has 5 heteroatoms. The van der Waals surface area contributed by atoms with Crippen LogP contribution >= 0.6 is 0 Å². The van der Waals surface area contributed by atoms with Gasteiger partial charge in [-0.1, -0.05) is 0 Å². The highest BCUT2D eigenvalue weighted by Gasteiger charge is 2.09. The first kappa shape index (κ1) is 7.59. The van der Waals surface area contributed by atoms with Crippen molar-refractivity contribution < 1.29 is 9.90 Å². The van der Waals surface area contributed by atoms with E-state index < -0.39 is 12.0 Å². The van der Waals surface area contributed by atoms with Gasteiger partial charge in [-0.05, 0) is 13.0 Å². The number of aromatic nitrogens is 2. The number of carboxylic acids is 1. The molecule has 0 amide bonds. The number of rotatable bonds is 3. The lowest BCUT2D eigenvalue weighted by Gasteiger charge is -2.05. The lowest BCUT2D eigenvalue weighted by molar-refractivity contribution is -0.137. The highest BCUT2D eigenvalue weighted by atomic mass is 16.4. The molecule has 1 aromatic heterocycles. The molecule has 0 spiro atoms. The Labute approximate surface area is 63.4 Å². The van der Waals surface area contributed by atoms with Crippen LogP contribution in [-0.2, 0) is 4.79 Å². The fourth-order valence-corrected chi connectivity index (χ4v) is 0.624. The van der Waals surface area contributed by atoms with Crippen LogP contribution in [0.2, 0.25) is 0 Å². The second-order valence-electron chi connectivity index (χ2n) is 2.16. The number of H-pyrrole nitrogens is 1. The summed E-state index contributed by atoms with van der Waals surface area (Å²) in [6.07, 6.45) is 1.62. The number of nitrogens with zero attached hydrogens (tertiary/aromatic N) is 1. The van der Waals surface area contributed by atoms with Crippen molar-refractivity contribution in [1.82, 2.24) is 10.2 Å². The largest absolute Gasteiger partial charge is 0.480 e. The van der Waals surface area contributed by atoms with E-state index in [1.807, 2.05) is 0 Å². The molecule has 1 atom stereocenters. The fraction of sp³-hybridized carbons (Fsp3) is 0.333. The van der Waals surface area contributed by atoms with E-state index in [-0.39, 0.29) is 0 Å². The molecule has 1 aromatic rings. The summed E-state index contributed by atoms with van der Waals surface area (Å²) in [5, 5.41) is 17.5. The van der Waals surface area contributed by atoms with Crippen molar-refractivity contribution in [1.29, 1.82) is 0 Å². The third-order valence-electron chi connectivity index (χ3n) is 1.24. The van der Waals surface area contributed by atoms with Crippen molar-refractivity contribution in [2.45, 2.75) is 13.0 Å². The van der Waals surface area contributed by atoms with Crippen molar-refractivity contribution >= 4 is 11.8 Å². The van der Waals surface area contributed by atoms with Crippen LogP contribution < -0.4 is 5.32 Å². The van der Waals surface area contributed by atoms with E-state index in [1.165, 1.54) is 0 Å². The molecule has 0 aromatic carbocycles. The molecular formula is C6H9N3O2. The predicted molar refractivity (Wildman–Crippen MR) is 39.3 cm³/mol. The fourth-order valence-electron chi connectivity index (χ4n) is 0.624. The highest BCUT2D eigenvalue weighted by molar-refractivity contribution is 5.76. The second kappa shape index (κ2) is 3.05. The summed E-state index contributed by atoms with van der Waals surface area (Å²) in [6.45, 7) is 1.55. The molecule has 5 nitrogen and oxygen atoms in total. The zero-order valence-corrected chi connectivity index (χ0v) is 6.03. The van der Waals surface area contributed by atoms with Crippen LogP contribution in [0.25, 0.3) is 0 Å². The van der Waals surface area contributed by atoms with Crippen molar-refractivity contribution in [2.24, 2.45) is 0 Å². The van der Waals surface area contributed by atoms with Gasteiger partial charge in [0.25, 0.3) is 0 Å². The maximum atomic E-state index is 10.3. The van der Waals surface area contributed by atoms with E-state index in [2.05, 4.69) is 15.5 Å². The van der Waals surface area contributed by atoms with Gasteiger partial charge in [-0.2, -0.15) is 5.10 Å². The Morgan fingerprint density at radius 1 is 1.91 bits per heavy atom. The average Bonchev–Trinajstić information content (AvgIpc) is 2.39. The number of aliphatic carboxylic acids is 1. The minimum atomic E-state index is -0.895. The third-order valence-corrected chi connectivity index (χ3v) is 1.24. The van der Waals surface area contributed by atoms with E-state index in [9.17, 15) is 4.79 Å². The lowest BCUT2D eigenvalue weighted by Crippen LogP contribution is -2.25. The van der Waals surface area contributed by atoms with Crippen LogP contribution in [0, 0.1) is 0 Å². The summed E-state index contributed by atoms with van der Waals surface area (Å²) in [4.78, 5) is 10.3. The van der Waals surface area contributed by atoms with Gasteiger partial charge in [0.1, 0.15) is 11.9 Å². The Kier molecular flexibility index (Phi) is 2.10. The van der Waals surface area contributed by atoms with Gasteiger partial charge in [0.05, 0.1) is 0 Å². The van der Waals surface area contributed by atoms with Crippen molar-refractivity contribution in [3.8, 4) is 0 Å². The summed E-state index contributed by atoms with van der Waals surface area (Å²) in [6, 6.07) is 1.05. The third kappa shape index (κ3) is 1.96. The van der Waals surface area contributed by atoms with Crippen LogP contribution in [0.5, 0.6) is 0 Å². The average molecular weight is 155 g/mol. The monoisotopic (exact) mass is 155 g/mol. The van der Waals surface area contributed by atoms with E-state index >= 15 is 0 Å². The molecular weight excluding hydrogens is 146 g/mol. The Bertz CT molecular complexity index is 232. The molecule has 0 fully saturated rings. The Morgan fingerprint density at radius 2 is 2.64 bits per heavy atom. The Morgan fingerprint density at radius 3 is 3.09 bits per heavy atom. The molecule has 1 heterocycles. The zero-order chi connectivity index (χ0) is 8.27. The molecule has 60 valence electrons. The first-order chi connectivity index (χ1) is 5.20. The Balaban J connectivity index is 2.50. The van der Waals surface area contributed by atoms with Gasteiger partial charge in [0, 0.05) is 6.20 Å². The van der Waals surface area contributed by atoms with Gasteiger partial charge in [-0.25, -0.2) is 0 Å². The molecule has 0 saturated heterocycles. The second-order valence-corrected chi connectivity index (χ2v) is 2.16. The molecule has 11 heavy (non-hydrogen) atoms. The quantitative estimate of drug-likeness (QED) is 0.586. The molecule has 0 radical (unpaired) electrons. The summed E-state index contributed by atoms with van der Waals surface area (Å²) in [7, 11) is 0. The number of hydrogen-bond donors (Lipinski definition) is 3. The van der Waals surface area contributed by atoms with Gasteiger partial charge in [-0.3, -0.25) is 9.89 Å². The number of aromatic amines is 1. The highest BCUT2D eigenvalue weighted by Crippen LogP contribution is 2.00. The first-order valence-corrected chi connectivity index (χ1v) is 3.19. The SMILES string of the molecule is C[C@H](Nc1cc[nH]n1)C(=O)O. The van der Waals surface area contributed by atoms with Gasteiger partial charge >= 0.3 is 5.97 Å². The maximum absolute atomic E-state index is 10.3. The zero-order valence-electron chi connectivity index (χ0n) is 6.03. The molecule has 1 rings (SSSR count). The van der Waals surface area contributed by atoms with Crippen LogP contribution in [0.15, 0.2) is 12.3 Å². The van der Waals surface area contributed by atoms with Crippen LogP contribution in [0.4, 0.5) is 5.82 Å². The van der Waals surface area contributed by atoms with Crippen molar-refractivity contribution in [3.63, 3.8) is 0 Å².